The van der Waals surface area contributed by atoms with Crippen molar-refractivity contribution in [2.45, 2.75) is 23.3 Å². The zero-order valence-corrected chi connectivity index (χ0v) is 18.7. The maximum Gasteiger partial charge on any atom is 0.243 e. The minimum absolute atomic E-state index is 0.00504. The standard InChI is InChI=1S/C23H27N3O4S/c1-15-4-7-17(8-5-15)31(28,29)26-13-23(14-26)12-25(2)20(11-27)22-21(23)18-9-6-16(30-3)10-19(18)24-22/h4-10,20,24,27H,11-14H2,1-3H3/t20-/m0/s1. The van der Waals surface area contributed by atoms with E-state index in [1.807, 2.05) is 44.3 Å². The van der Waals surface area contributed by atoms with Gasteiger partial charge in [0.1, 0.15) is 5.75 Å². The van der Waals surface area contributed by atoms with Crippen LogP contribution in [0.4, 0.5) is 0 Å². The van der Waals surface area contributed by atoms with Crippen molar-refractivity contribution in [3.05, 3.63) is 59.3 Å². The molecule has 0 amide bonds. The van der Waals surface area contributed by atoms with Crippen LogP contribution >= 0.6 is 0 Å². The SMILES string of the molecule is COc1ccc2c3c([nH]c2c1)[C@H](CO)N(C)CC31CN(S(=O)(=O)c2ccc(C)cc2)C1. The van der Waals surface area contributed by atoms with Crippen LogP contribution < -0.4 is 4.74 Å². The van der Waals surface area contributed by atoms with E-state index in [0.29, 0.717) is 24.5 Å². The van der Waals surface area contributed by atoms with Gasteiger partial charge < -0.3 is 14.8 Å². The third kappa shape index (κ3) is 3.01. The molecule has 8 heteroatoms. The summed E-state index contributed by atoms with van der Waals surface area (Å²) in [5, 5.41) is 11.1. The van der Waals surface area contributed by atoms with Gasteiger partial charge in [-0.25, -0.2) is 8.42 Å². The first-order valence-electron chi connectivity index (χ1n) is 10.4. The van der Waals surface area contributed by atoms with Gasteiger partial charge in [-0.1, -0.05) is 17.7 Å². The van der Waals surface area contributed by atoms with Crippen molar-refractivity contribution in [2.75, 3.05) is 40.4 Å². The fourth-order valence-corrected chi connectivity index (χ4v) is 6.79. The molecule has 2 N–H and O–H groups in total. The summed E-state index contributed by atoms with van der Waals surface area (Å²) in [5.74, 6) is 0.756. The average molecular weight is 442 g/mol. The number of rotatable bonds is 4. The van der Waals surface area contributed by atoms with Gasteiger partial charge in [-0.05, 0) is 43.8 Å². The number of fused-ring (bicyclic) bond motifs is 4. The number of H-pyrrole nitrogens is 1. The lowest BCUT2D eigenvalue weighted by molar-refractivity contribution is 0.0467. The van der Waals surface area contributed by atoms with Gasteiger partial charge in [0, 0.05) is 47.7 Å². The summed E-state index contributed by atoms with van der Waals surface area (Å²) < 4.78 is 33.3. The topological polar surface area (TPSA) is 85.9 Å². The van der Waals surface area contributed by atoms with Gasteiger partial charge in [0.2, 0.25) is 10.0 Å². The number of aliphatic hydroxyl groups is 1. The van der Waals surface area contributed by atoms with E-state index in [1.54, 1.807) is 23.5 Å². The van der Waals surface area contributed by atoms with Crippen molar-refractivity contribution < 1.29 is 18.3 Å². The van der Waals surface area contributed by atoms with Crippen molar-refractivity contribution in [2.24, 2.45) is 0 Å². The third-order valence-electron chi connectivity index (χ3n) is 6.77. The number of nitrogens with zero attached hydrogens (tertiary/aromatic N) is 2. The monoisotopic (exact) mass is 441 g/mol. The number of aromatic amines is 1. The molecule has 0 saturated carbocycles. The van der Waals surface area contributed by atoms with Crippen LogP contribution in [-0.4, -0.2) is 68.1 Å². The van der Waals surface area contributed by atoms with Gasteiger partial charge >= 0.3 is 0 Å². The molecule has 1 atom stereocenters. The maximum absolute atomic E-state index is 13.2. The van der Waals surface area contributed by atoms with E-state index in [0.717, 1.165) is 33.5 Å². The number of hydrogen-bond acceptors (Lipinski definition) is 5. The van der Waals surface area contributed by atoms with Gasteiger partial charge in [-0.2, -0.15) is 4.31 Å². The molecule has 2 aliphatic heterocycles. The highest BCUT2D eigenvalue weighted by atomic mass is 32.2. The summed E-state index contributed by atoms with van der Waals surface area (Å²) in [5.41, 5.74) is 3.74. The molecule has 1 fully saturated rings. The fraction of sp³-hybridized carbons (Fsp3) is 0.391. The number of aliphatic hydroxyl groups excluding tert-OH is 1. The highest BCUT2D eigenvalue weighted by molar-refractivity contribution is 7.89. The van der Waals surface area contributed by atoms with Crippen LogP contribution in [0.25, 0.3) is 10.9 Å². The number of nitrogens with one attached hydrogen (secondary N) is 1. The maximum atomic E-state index is 13.2. The van der Waals surface area contributed by atoms with Crippen LogP contribution in [0.5, 0.6) is 5.75 Å². The van der Waals surface area contributed by atoms with Crippen molar-refractivity contribution in [1.29, 1.82) is 0 Å². The Morgan fingerprint density at radius 2 is 1.87 bits per heavy atom. The Morgan fingerprint density at radius 1 is 1.16 bits per heavy atom. The number of methoxy groups -OCH3 is 1. The average Bonchev–Trinajstić information content (AvgIpc) is 3.10. The first-order chi connectivity index (χ1) is 14.8. The Kier molecular flexibility index (Phi) is 4.67. The lowest BCUT2D eigenvalue weighted by Crippen LogP contribution is -2.67. The molecule has 0 radical (unpaired) electrons. The second-order valence-corrected chi connectivity index (χ2v) is 10.7. The van der Waals surface area contributed by atoms with E-state index in [4.69, 9.17) is 4.74 Å². The van der Waals surface area contributed by atoms with Crippen LogP contribution in [0.2, 0.25) is 0 Å². The van der Waals surface area contributed by atoms with Crippen molar-refractivity contribution in [3.63, 3.8) is 0 Å². The van der Waals surface area contributed by atoms with Crippen molar-refractivity contribution in [3.8, 4) is 5.75 Å². The number of benzene rings is 2. The Balaban J connectivity index is 1.56. The second kappa shape index (κ2) is 7.06. The molecule has 3 heterocycles. The fourth-order valence-electron chi connectivity index (χ4n) is 5.18. The van der Waals surface area contributed by atoms with Crippen LogP contribution in [0.1, 0.15) is 22.9 Å². The number of hydrogen-bond donors (Lipinski definition) is 2. The van der Waals surface area contributed by atoms with Crippen LogP contribution in [0, 0.1) is 6.92 Å². The van der Waals surface area contributed by atoms with Crippen LogP contribution in [-0.2, 0) is 15.4 Å². The van der Waals surface area contributed by atoms with Gasteiger partial charge in [0.15, 0.2) is 0 Å². The predicted octanol–water partition coefficient (Wildman–Crippen LogP) is 2.41. The molecule has 3 aromatic rings. The van der Waals surface area contributed by atoms with E-state index >= 15 is 0 Å². The normalized spacial score (nSPS) is 21.2. The van der Waals surface area contributed by atoms with E-state index in [1.165, 1.54) is 0 Å². The lowest BCUT2D eigenvalue weighted by atomic mass is 9.70. The lowest BCUT2D eigenvalue weighted by Gasteiger charge is -2.54. The number of likely N-dealkylation sites (N-methyl/N-ethyl adjacent to an activating group) is 1. The molecule has 5 rings (SSSR count). The molecule has 7 nitrogen and oxygen atoms in total. The minimum Gasteiger partial charge on any atom is -0.497 e. The third-order valence-corrected chi connectivity index (χ3v) is 8.58. The molecule has 2 aromatic carbocycles. The summed E-state index contributed by atoms with van der Waals surface area (Å²) >= 11 is 0. The first kappa shape index (κ1) is 20.5. The van der Waals surface area contributed by atoms with Gasteiger partial charge in [0.05, 0.1) is 24.7 Å². The Bertz CT molecular complexity index is 1240. The molecule has 0 unspecified atom stereocenters. The summed E-state index contributed by atoms with van der Waals surface area (Å²) in [7, 11) is 0.0702. The van der Waals surface area contributed by atoms with E-state index in [9.17, 15) is 13.5 Å². The van der Waals surface area contributed by atoms with Crippen molar-refractivity contribution >= 4 is 20.9 Å². The summed E-state index contributed by atoms with van der Waals surface area (Å²) in [4.78, 5) is 5.93. The molecule has 0 aliphatic carbocycles. The zero-order valence-electron chi connectivity index (χ0n) is 17.9. The van der Waals surface area contributed by atoms with Crippen LogP contribution in [0.15, 0.2) is 47.4 Å². The Labute approximate surface area is 182 Å². The van der Waals surface area contributed by atoms with Crippen molar-refractivity contribution in [1.82, 2.24) is 14.2 Å². The minimum atomic E-state index is -3.55. The highest BCUT2D eigenvalue weighted by Gasteiger charge is 2.55. The molecule has 31 heavy (non-hydrogen) atoms. The van der Waals surface area contributed by atoms with E-state index in [-0.39, 0.29) is 18.1 Å². The summed E-state index contributed by atoms with van der Waals surface area (Å²) in [6.07, 6.45) is 0. The Hall–Kier alpha value is -2.39. The molecular formula is C23H27N3O4S. The summed E-state index contributed by atoms with van der Waals surface area (Å²) in [6.45, 7) is 3.45. The smallest absolute Gasteiger partial charge is 0.243 e. The largest absolute Gasteiger partial charge is 0.497 e. The number of ether oxygens (including phenoxy) is 1. The van der Waals surface area contributed by atoms with Gasteiger partial charge in [-0.15, -0.1) is 0 Å². The quantitative estimate of drug-likeness (QED) is 0.649. The predicted molar refractivity (Wildman–Crippen MR) is 119 cm³/mol. The molecular weight excluding hydrogens is 414 g/mol. The Morgan fingerprint density at radius 3 is 2.52 bits per heavy atom. The van der Waals surface area contributed by atoms with Gasteiger partial charge in [0.25, 0.3) is 0 Å². The highest BCUT2D eigenvalue weighted by Crippen LogP contribution is 2.49. The second-order valence-electron chi connectivity index (χ2n) is 8.81. The number of sulfonamides is 1. The number of aromatic nitrogens is 1. The van der Waals surface area contributed by atoms with Gasteiger partial charge in [-0.3, -0.25) is 4.90 Å². The zero-order chi connectivity index (χ0) is 22.0. The molecule has 0 bridgehead atoms. The van der Waals surface area contributed by atoms with Crippen LogP contribution in [0.3, 0.4) is 0 Å². The van der Waals surface area contributed by atoms with E-state index in [2.05, 4.69) is 9.88 Å². The first-order valence-corrected chi connectivity index (χ1v) is 11.8. The van der Waals surface area contributed by atoms with E-state index < -0.39 is 10.0 Å². The molecule has 2 aliphatic rings. The molecule has 1 saturated heterocycles. The molecule has 1 aromatic heterocycles. The molecule has 164 valence electrons. The summed E-state index contributed by atoms with van der Waals surface area (Å²) in [6, 6.07) is 12.8. The number of aryl methyl sites for hydroxylation is 1. The molecule has 1 spiro atoms.